The van der Waals surface area contributed by atoms with Crippen molar-refractivity contribution in [3.8, 4) is 12.3 Å². The van der Waals surface area contributed by atoms with Gasteiger partial charge in [0.15, 0.2) is 0 Å². The molecule has 0 spiro atoms. The van der Waals surface area contributed by atoms with Crippen LogP contribution in [0.3, 0.4) is 0 Å². The van der Waals surface area contributed by atoms with Crippen molar-refractivity contribution in [3.05, 3.63) is 39.7 Å². The molecular formula is C22H22N4O4S. The van der Waals surface area contributed by atoms with E-state index in [1.54, 1.807) is 34.1 Å². The zero-order valence-corrected chi connectivity index (χ0v) is 18.1. The number of nitrogens with one attached hydrogen (secondary N) is 1. The number of thiophene rings is 1. The monoisotopic (exact) mass is 438 g/mol. The number of aryl methyl sites for hydroxylation is 1. The average Bonchev–Trinajstić information content (AvgIpc) is 3.33. The van der Waals surface area contributed by atoms with Gasteiger partial charge in [-0.2, -0.15) is 0 Å². The van der Waals surface area contributed by atoms with Gasteiger partial charge in [-0.15, -0.1) is 17.8 Å². The highest BCUT2D eigenvalue weighted by Gasteiger charge is 2.42. The number of anilines is 2. The molecule has 2 saturated heterocycles. The predicted octanol–water partition coefficient (Wildman–Crippen LogP) is 1.72. The molecule has 1 atom stereocenters. The molecule has 2 aromatic heterocycles. The molecule has 0 radical (unpaired) electrons. The van der Waals surface area contributed by atoms with Gasteiger partial charge in [0.05, 0.1) is 46.2 Å². The maximum Gasteiger partial charge on any atom is 0.261 e. The summed E-state index contributed by atoms with van der Waals surface area (Å²) in [7, 11) is 0. The second kappa shape index (κ2) is 8.13. The van der Waals surface area contributed by atoms with E-state index in [9.17, 15) is 14.4 Å². The number of amides is 3. The minimum atomic E-state index is -0.733. The molecule has 1 unspecified atom stereocenters. The van der Waals surface area contributed by atoms with Crippen molar-refractivity contribution in [2.45, 2.75) is 25.8 Å². The molecule has 160 valence electrons. The van der Waals surface area contributed by atoms with E-state index in [-0.39, 0.29) is 30.7 Å². The van der Waals surface area contributed by atoms with Crippen molar-refractivity contribution >= 4 is 40.6 Å². The highest BCUT2D eigenvalue weighted by atomic mass is 32.1. The van der Waals surface area contributed by atoms with Gasteiger partial charge in [0.1, 0.15) is 12.4 Å². The number of pyridine rings is 1. The van der Waals surface area contributed by atoms with Crippen LogP contribution in [0.1, 0.15) is 33.6 Å². The third kappa shape index (κ3) is 4.17. The summed E-state index contributed by atoms with van der Waals surface area (Å²) >= 11 is 1.24. The Kier molecular flexibility index (Phi) is 5.52. The van der Waals surface area contributed by atoms with Gasteiger partial charge in [-0.3, -0.25) is 19.3 Å². The van der Waals surface area contributed by atoms with E-state index in [1.807, 2.05) is 13.8 Å². The van der Waals surface area contributed by atoms with Crippen molar-refractivity contribution in [2.24, 2.45) is 0 Å². The van der Waals surface area contributed by atoms with Gasteiger partial charge in [-0.25, -0.2) is 4.98 Å². The lowest BCUT2D eigenvalue weighted by atomic mass is 10.0. The summed E-state index contributed by atoms with van der Waals surface area (Å²) in [5.41, 5.74) is 0.628. The average molecular weight is 439 g/mol. The van der Waals surface area contributed by atoms with Crippen LogP contribution in [0, 0.1) is 19.3 Å². The summed E-state index contributed by atoms with van der Waals surface area (Å²) in [6, 6.07) is 6.94. The van der Waals surface area contributed by atoms with E-state index < -0.39 is 5.54 Å². The van der Waals surface area contributed by atoms with Gasteiger partial charge in [-0.05, 0) is 38.1 Å². The van der Waals surface area contributed by atoms with Crippen LogP contribution in [-0.4, -0.2) is 54.5 Å². The van der Waals surface area contributed by atoms with Crippen LogP contribution in [0.2, 0.25) is 0 Å². The number of ether oxygens (including phenoxy) is 1. The molecule has 4 rings (SSSR count). The molecule has 1 N–H and O–H groups in total. The maximum absolute atomic E-state index is 12.7. The molecule has 3 amide bonds. The van der Waals surface area contributed by atoms with Gasteiger partial charge in [0.2, 0.25) is 5.91 Å². The fraction of sp³-hybridized carbons (Fsp3) is 0.364. The maximum atomic E-state index is 12.7. The SMILES string of the molecule is C#Cc1ccc(C(=O)NC2(C)CC(=O)N(c3ccc(N4CCOCC4=O)c(C)n3)C2)s1. The smallest absolute Gasteiger partial charge is 0.261 e. The quantitative estimate of drug-likeness (QED) is 0.734. The number of hydrogen-bond acceptors (Lipinski definition) is 6. The van der Waals surface area contributed by atoms with Gasteiger partial charge < -0.3 is 15.0 Å². The molecule has 2 aromatic rings. The number of terminal acetylenes is 1. The van der Waals surface area contributed by atoms with Crippen LogP contribution in [0.5, 0.6) is 0 Å². The van der Waals surface area contributed by atoms with Crippen LogP contribution in [0.15, 0.2) is 24.3 Å². The minimum Gasteiger partial charge on any atom is -0.370 e. The zero-order valence-electron chi connectivity index (χ0n) is 17.3. The Morgan fingerprint density at radius 2 is 2.06 bits per heavy atom. The highest BCUT2D eigenvalue weighted by molar-refractivity contribution is 7.14. The second-order valence-electron chi connectivity index (χ2n) is 7.85. The fourth-order valence-corrected chi connectivity index (χ4v) is 4.55. The molecular weight excluding hydrogens is 416 g/mol. The van der Waals surface area contributed by atoms with Crippen molar-refractivity contribution in [1.82, 2.24) is 10.3 Å². The Labute approximate surface area is 184 Å². The molecule has 0 aromatic carbocycles. The van der Waals surface area contributed by atoms with Crippen LogP contribution in [0.4, 0.5) is 11.5 Å². The molecule has 4 heterocycles. The number of hydrogen-bond donors (Lipinski definition) is 1. The molecule has 2 aliphatic heterocycles. The molecule has 2 aliphatic rings. The Balaban J connectivity index is 1.50. The first-order valence-electron chi connectivity index (χ1n) is 9.85. The lowest BCUT2D eigenvalue weighted by Crippen LogP contribution is -2.47. The van der Waals surface area contributed by atoms with Crippen LogP contribution >= 0.6 is 11.3 Å². The number of aromatic nitrogens is 1. The molecule has 2 fully saturated rings. The molecule has 0 saturated carbocycles. The highest BCUT2D eigenvalue weighted by Crippen LogP contribution is 2.30. The van der Waals surface area contributed by atoms with E-state index in [1.165, 1.54) is 11.3 Å². The van der Waals surface area contributed by atoms with E-state index in [2.05, 4.69) is 16.2 Å². The first kappa shape index (κ1) is 21.0. The lowest BCUT2D eigenvalue weighted by molar-refractivity contribution is -0.125. The Morgan fingerprint density at radius 1 is 1.26 bits per heavy atom. The van der Waals surface area contributed by atoms with E-state index in [4.69, 9.17) is 11.2 Å². The molecule has 31 heavy (non-hydrogen) atoms. The predicted molar refractivity (Wildman–Crippen MR) is 117 cm³/mol. The summed E-state index contributed by atoms with van der Waals surface area (Å²) in [5.74, 6) is 2.52. The van der Waals surface area contributed by atoms with Crippen molar-refractivity contribution in [3.63, 3.8) is 0 Å². The fourth-order valence-electron chi connectivity index (χ4n) is 3.84. The minimum absolute atomic E-state index is 0.0525. The molecule has 8 nitrogen and oxygen atoms in total. The van der Waals surface area contributed by atoms with Crippen molar-refractivity contribution < 1.29 is 19.1 Å². The van der Waals surface area contributed by atoms with E-state index in [0.717, 1.165) is 0 Å². The van der Waals surface area contributed by atoms with Crippen LogP contribution < -0.4 is 15.1 Å². The van der Waals surface area contributed by atoms with Crippen LogP contribution in [-0.2, 0) is 14.3 Å². The number of rotatable bonds is 4. The van der Waals surface area contributed by atoms with Crippen molar-refractivity contribution in [2.75, 3.05) is 36.1 Å². The van der Waals surface area contributed by atoms with Crippen molar-refractivity contribution in [1.29, 1.82) is 0 Å². The summed E-state index contributed by atoms with van der Waals surface area (Å²) in [6.07, 6.45) is 5.54. The van der Waals surface area contributed by atoms with E-state index >= 15 is 0 Å². The van der Waals surface area contributed by atoms with Crippen LogP contribution in [0.25, 0.3) is 0 Å². The first-order chi connectivity index (χ1) is 14.8. The van der Waals surface area contributed by atoms with Gasteiger partial charge >= 0.3 is 0 Å². The van der Waals surface area contributed by atoms with Gasteiger partial charge in [-0.1, -0.05) is 5.92 Å². The van der Waals surface area contributed by atoms with Gasteiger partial charge in [0, 0.05) is 6.54 Å². The Hall–Kier alpha value is -3.22. The standard InChI is InChI=1S/C22H22N4O4S/c1-4-15-5-7-17(31-15)21(29)24-22(3)11-19(27)26(13-22)18-8-6-16(14(2)23-18)25-9-10-30-12-20(25)28/h1,5-8H,9-13H2,2-3H3,(H,24,29). The normalized spacial score (nSPS) is 21.3. The third-order valence-corrected chi connectivity index (χ3v) is 6.35. The Morgan fingerprint density at radius 3 is 2.74 bits per heavy atom. The number of carbonyl (C=O) groups excluding carboxylic acids is 3. The second-order valence-corrected chi connectivity index (χ2v) is 8.94. The van der Waals surface area contributed by atoms with E-state index in [0.29, 0.717) is 46.6 Å². The lowest BCUT2D eigenvalue weighted by Gasteiger charge is -2.28. The number of carbonyl (C=O) groups is 3. The molecule has 0 bridgehead atoms. The third-order valence-electron chi connectivity index (χ3n) is 5.33. The summed E-state index contributed by atoms with van der Waals surface area (Å²) in [6.45, 7) is 4.94. The van der Waals surface area contributed by atoms with Gasteiger partial charge in [0.25, 0.3) is 11.8 Å². The Bertz CT molecular complexity index is 1110. The summed E-state index contributed by atoms with van der Waals surface area (Å²) in [4.78, 5) is 46.5. The summed E-state index contributed by atoms with van der Waals surface area (Å²) < 4.78 is 5.18. The number of nitrogens with zero attached hydrogens (tertiary/aromatic N) is 3. The zero-order chi connectivity index (χ0) is 22.2. The molecule has 0 aliphatic carbocycles. The summed E-state index contributed by atoms with van der Waals surface area (Å²) in [5, 5.41) is 2.97. The molecule has 9 heteroatoms. The topological polar surface area (TPSA) is 91.8 Å². The largest absolute Gasteiger partial charge is 0.370 e. The number of morpholine rings is 1. The first-order valence-corrected chi connectivity index (χ1v) is 10.7.